The molecule has 168 valence electrons. The predicted molar refractivity (Wildman–Crippen MR) is 140 cm³/mol. The van der Waals surface area contributed by atoms with Gasteiger partial charge in [0.2, 0.25) is 0 Å². The van der Waals surface area contributed by atoms with Gasteiger partial charge in [-0.1, -0.05) is 90.5 Å². The molecule has 4 rings (SSSR count). The number of thioether (sulfide) groups is 1. The molecule has 0 unspecified atom stereocenters. The summed E-state index contributed by atoms with van der Waals surface area (Å²) in [5.41, 5.74) is 5.02. The lowest BCUT2D eigenvalue weighted by molar-refractivity contribution is 0.318. The maximum absolute atomic E-state index is 5.99. The van der Waals surface area contributed by atoms with Crippen molar-refractivity contribution >= 4 is 11.8 Å². The summed E-state index contributed by atoms with van der Waals surface area (Å²) in [7, 11) is 1.71. The molecule has 0 bridgehead atoms. The van der Waals surface area contributed by atoms with Gasteiger partial charge in [-0.05, 0) is 60.1 Å². The van der Waals surface area contributed by atoms with E-state index in [4.69, 9.17) is 9.47 Å². The quantitative estimate of drug-likeness (QED) is 0.183. The lowest BCUT2D eigenvalue weighted by Crippen LogP contribution is -2.26. The second kappa shape index (κ2) is 11.1. The zero-order valence-corrected chi connectivity index (χ0v) is 20.1. The molecular weight excluding hydrogens is 424 g/mol. The average Bonchev–Trinajstić information content (AvgIpc) is 2.89. The van der Waals surface area contributed by atoms with Crippen molar-refractivity contribution in [2.75, 3.05) is 19.5 Å². The Bertz CT molecular complexity index is 1070. The van der Waals surface area contributed by atoms with E-state index in [1.807, 2.05) is 23.9 Å². The van der Waals surface area contributed by atoms with Crippen molar-refractivity contribution in [2.24, 2.45) is 0 Å². The Kier molecular flexibility index (Phi) is 7.74. The van der Waals surface area contributed by atoms with E-state index >= 15 is 0 Å². The van der Waals surface area contributed by atoms with Crippen molar-refractivity contribution in [1.82, 2.24) is 0 Å². The van der Waals surface area contributed by atoms with Crippen LogP contribution in [0.4, 0.5) is 0 Å². The van der Waals surface area contributed by atoms with Crippen LogP contribution in [0.15, 0.2) is 109 Å². The summed E-state index contributed by atoms with van der Waals surface area (Å²) >= 11 is 1.96. The van der Waals surface area contributed by atoms with Gasteiger partial charge in [-0.2, -0.15) is 0 Å². The maximum atomic E-state index is 5.99. The molecule has 0 heterocycles. The summed E-state index contributed by atoms with van der Waals surface area (Å²) in [4.78, 5) is 0. The molecule has 0 radical (unpaired) electrons. The van der Waals surface area contributed by atoms with Crippen LogP contribution in [0.2, 0.25) is 0 Å². The largest absolute Gasteiger partial charge is 0.497 e. The van der Waals surface area contributed by atoms with E-state index in [1.54, 1.807) is 7.11 Å². The van der Waals surface area contributed by atoms with Crippen LogP contribution in [0.5, 0.6) is 11.5 Å². The van der Waals surface area contributed by atoms with E-state index in [2.05, 4.69) is 104 Å². The fourth-order valence-electron chi connectivity index (χ4n) is 4.03. The van der Waals surface area contributed by atoms with Crippen molar-refractivity contribution in [3.8, 4) is 11.5 Å². The van der Waals surface area contributed by atoms with Crippen LogP contribution in [0.25, 0.3) is 0 Å². The zero-order chi connectivity index (χ0) is 22.9. The second-order valence-electron chi connectivity index (χ2n) is 8.01. The summed E-state index contributed by atoms with van der Waals surface area (Å²) < 4.78 is 11.1. The molecule has 4 aromatic carbocycles. The third kappa shape index (κ3) is 5.43. The molecule has 3 heteroatoms. The molecule has 0 spiro atoms. The van der Waals surface area contributed by atoms with E-state index in [0.29, 0.717) is 6.61 Å². The lowest BCUT2D eigenvalue weighted by atomic mass is 9.84. The highest BCUT2D eigenvalue weighted by Crippen LogP contribution is 2.48. The fraction of sp³-hybridized carbons (Fsp3) is 0.200. The van der Waals surface area contributed by atoms with E-state index in [-0.39, 0.29) is 4.75 Å². The van der Waals surface area contributed by atoms with Gasteiger partial charge in [0.1, 0.15) is 11.5 Å². The highest BCUT2D eigenvalue weighted by Gasteiger charge is 2.36. The Morgan fingerprint density at radius 1 is 0.636 bits per heavy atom. The topological polar surface area (TPSA) is 18.5 Å². The van der Waals surface area contributed by atoms with Crippen LogP contribution in [-0.2, 0) is 4.75 Å². The van der Waals surface area contributed by atoms with Gasteiger partial charge in [0, 0.05) is 0 Å². The third-order valence-corrected chi connectivity index (χ3v) is 7.39. The van der Waals surface area contributed by atoms with Crippen LogP contribution in [0.3, 0.4) is 0 Å². The third-order valence-electron chi connectivity index (χ3n) is 5.75. The molecule has 0 saturated heterocycles. The Morgan fingerprint density at radius 3 is 1.70 bits per heavy atom. The van der Waals surface area contributed by atoms with Gasteiger partial charge in [0.15, 0.2) is 0 Å². The van der Waals surface area contributed by atoms with Gasteiger partial charge < -0.3 is 9.47 Å². The number of ether oxygens (including phenoxy) is 2. The van der Waals surface area contributed by atoms with Gasteiger partial charge in [-0.3, -0.25) is 0 Å². The summed E-state index contributed by atoms with van der Waals surface area (Å²) in [6.45, 7) is 2.78. The fourth-order valence-corrected chi connectivity index (χ4v) is 5.51. The van der Waals surface area contributed by atoms with Gasteiger partial charge in [0.25, 0.3) is 0 Å². The minimum Gasteiger partial charge on any atom is -0.497 e. The molecule has 0 aliphatic rings. The molecule has 0 amide bonds. The number of hydrogen-bond acceptors (Lipinski definition) is 3. The highest BCUT2D eigenvalue weighted by atomic mass is 32.2. The van der Waals surface area contributed by atoms with E-state index < -0.39 is 0 Å². The number of rotatable bonds is 10. The summed E-state index contributed by atoms with van der Waals surface area (Å²) in [5.74, 6) is 2.75. The van der Waals surface area contributed by atoms with Crippen molar-refractivity contribution in [1.29, 1.82) is 0 Å². The Hall–Kier alpha value is -3.17. The van der Waals surface area contributed by atoms with Crippen molar-refractivity contribution < 1.29 is 9.47 Å². The smallest absolute Gasteiger partial charge is 0.119 e. The van der Waals surface area contributed by atoms with Crippen LogP contribution in [0.1, 0.15) is 28.7 Å². The van der Waals surface area contributed by atoms with Crippen molar-refractivity contribution in [3.05, 3.63) is 131 Å². The highest BCUT2D eigenvalue weighted by molar-refractivity contribution is 8.00. The first-order chi connectivity index (χ1) is 16.2. The SMILES string of the molecule is COc1ccc(C(SCCCOc2ccc(C)cc2)(c2ccccc2)c2ccccc2)cc1. The normalized spacial score (nSPS) is 11.2. The average molecular weight is 455 g/mol. The zero-order valence-electron chi connectivity index (χ0n) is 19.2. The predicted octanol–water partition coefficient (Wildman–Crippen LogP) is 7.50. The molecule has 2 nitrogen and oxygen atoms in total. The molecule has 33 heavy (non-hydrogen) atoms. The monoisotopic (exact) mass is 454 g/mol. The molecule has 4 aromatic rings. The maximum Gasteiger partial charge on any atom is 0.119 e. The summed E-state index contributed by atoms with van der Waals surface area (Å²) in [5, 5.41) is 0. The van der Waals surface area contributed by atoms with E-state index in [0.717, 1.165) is 23.7 Å². The lowest BCUT2D eigenvalue weighted by Gasteiger charge is -2.35. The molecule has 0 atom stereocenters. The van der Waals surface area contributed by atoms with Gasteiger partial charge in [-0.25, -0.2) is 0 Å². The van der Waals surface area contributed by atoms with Crippen molar-refractivity contribution in [2.45, 2.75) is 18.1 Å². The first-order valence-electron chi connectivity index (χ1n) is 11.3. The standard InChI is InChI=1S/C30H30O2S/c1-24-14-18-29(19-15-24)32-22-9-23-33-30(25-10-5-3-6-11-25,26-12-7-4-8-13-26)27-16-20-28(31-2)21-17-27/h3-8,10-21H,9,22-23H2,1-2H3. The molecule has 0 aliphatic carbocycles. The first kappa shape index (κ1) is 23.0. The van der Waals surface area contributed by atoms with Gasteiger partial charge in [-0.15, -0.1) is 11.8 Å². The molecule has 0 saturated carbocycles. The van der Waals surface area contributed by atoms with Crippen LogP contribution in [-0.4, -0.2) is 19.5 Å². The molecular formula is C30H30O2S. The number of aryl methyl sites for hydroxylation is 1. The molecule has 0 aromatic heterocycles. The number of benzene rings is 4. The first-order valence-corrected chi connectivity index (χ1v) is 12.3. The molecule has 0 N–H and O–H groups in total. The van der Waals surface area contributed by atoms with Crippen LogP contribution >= 0.6 is 11.8 Å². The molecule has 0 fully saturated rings. The summed E-state index contributed by atoms with van der Waals surface area (Å²) in [6, 6.07) is 38.3. The minimum absolute atomic E-state index is 0.321. The van der Waals surface area contributed by atoms with Crippen LogP contribution < -0.4 is 9.47 Å². The van der Waals surface area contributed by atoms with E-state index in [1.165, 1.54) is 22.3 Å². The van der Waals surface area contributed by atoms with E-state index in [9.17, 15) is 0 Å². The Morgan fingerprint density at radius 2 is 1.15 bits per heavy atom. The summed E-state index contributed by atoms with van der Waals surface area (Å²) in [6.07, 6.45) is 0.954. The number of hydrogen-bond donors (Lipinski definition) is 0. The molecule has 0 aliphatic heterocycles. The minimum atomic E-state index is -0.321. The number of methoxy groups -OCH3 is 1. The van der Waals surface area contributed by atoms with Gasteiger partial charge in [0.05, 0.1) is 18.5 Å². The Labute approximate surface area is 201 Å². The van der Waals surface area contributed by atoms with Crippen molar-refractivity contribution in [3.63, 3.8) is 0 Å². The second-order valence-corrected chi connectivity index (χ2v) is 9.31. The van der Waals surface area contributed by atoms with Gasteiger partial charge >= 0.3 is 0 Å². The Balaban J connectivity index is 1.61. The van der Waals surface area contributed by atoms with Crippen LogP contribution in [0, 0.1) is 6.92 Å².